The number of carbonyl (C=O) groups excluding carboxylic acids is 1. The molecule has 0 saturated carbocycles. The van der Waals surface area contributed by atoms with Crippen LogP contribution in [0.2, 0.25) is 0 Å². The Labute approximate surface area is 118 Å². The number of ketones is 1. The van der Waals surface area contributed by atoms with Crippen LogP contribution in [0.25, 0.3) is 22.3 Å². The molecule has 0 aliphatic carbocycles. The first-order chi connectivity index (χ1) is 9.72. The quantitative estimate of drug-likeness (QED) is 0.679. The molecular formula is C17H18N2O. The highest BCUT2D eigenvalue weighted by Gasteiger charge is 2.17. The van der Waals surface area contributed by atoms with Gasteiger partial charge in [0.1, 0.15) is 0 Å². The Morgan fingerprint density at radius 2 is 2.05 bits per heavy atom. The fourth-order valence-electron chi connectivity index (χ4n) is 2.83. The van der Waals surface area contributed by atoms with Crippen molar-refractivity contribution in [3.05, 3.63) is 47.7 Å². The lowest BCUT2D eigenvalue weighted by atomic mass is 9.98. The average molecular weight is 266 g/mol. The molecule has 3 nitrogen and oxygen atoms in total. The maximum atomic E-state index is 11.9. The minimum Gasteiger partial charge on any atom is -0.360 e. The van der Waals surface area contributed by atoms with Crippen LogP contribution in [0.3, 0.4) is 0 Å². The second-order valence-electron chi connectivity index (χ2n) is 5.10. The molecule has 0 saturated heterocycles. The van der Waals surface area contributed by atoms with E-state index in [2.05, 4.69) is 23.0 Å². The molecule has 102 valence electrons. The van der Waals surface area contributed by atoms with Gasteiger partial charge in [-0.25, -0.2) is 0 Å². The molecule has 0 amide bonds. The van der Waals surface area contributed by atoms with Crippen LogP contribution in [0.1, 0.15) is 36.2 Å². The molecule has 0 radical (unpaired) electrons. The third kappa shape index (κ3) is 1.95. The summed E-state index contributed by atoms with van der Waals surface area (Å²) >= 11 is 0. The van der Waals surface area contributed by atoms with E-state index in [0.717, 1.165) is 40.7 Å². The first-order valence-corrected chi connectivity index (χ1v) is 7.00. The summed E-state index contributed by atoms with van der Waals surface area (Å²) in [7, 11) is 0. The van der Waals surface area contributed by atoms with Gasteiger partial charge in [0.05, 0.1) is 11.4 Å². The van der Waals surface area contributed by atoms with Crippen LogP contribution in [-0.4, -0.2) is 15.8 Å². The number of aromatic nitrogens is 2. The summed E-state index contributed by atoms with van der Waals surface area (Å²) in [4.78, 5) is 18.6. The Kier molecular flexibility index (Phi) is 3.18. The van der Waals surface area contributed by atoms with Crippen molar-refractivity contribution < 1.29 is 4.79 Å². The molecule has 0 unspecified atom stereocenters. The van der Waals surface area contributed by atoms with Gasteiger partial charge >= 0.3 is 0 Å². The van der Waals surface area contributed by atoms with Gasteiger partial charge in [0, 0.05) is 22.7 Å². The predicted molar refractivity (Wildman–Crippen MR) is 82.1 cm³/mol. The number of aromatic amines is 2. The van der Waals surface area contributed by atoms with Crippen LogP contribution in [0.5, 0.6) is 0 Å². The maximum absolute atomic E-state index is 11.9. The molecule has 0 atom stereocenters. The zero-order valence-corrected chi connectivity index (χ0v) is 11.8. The predicted octanol–water partition coefficient (Wildman–Crippen LogP) is 4.32. The van der Waals surface area contributed by atoms with Crippen LogP contribution in [0.15, 0.2) is 36.5 Å². The van der Waals surface area contributed by atoms with Gasteiger partial charge in [-0.2, -0.15) is 0 Å². The largest absolute Gasteiger partial charge is 0.360 e. The van der Waals surface area contributed by atoms with Crippen molar-refractivity contribution >= 4 is 16.7 Å². The number of rotatable bonds is 4. The van der Waals surface area contributed by atoms with E-state index in [4.69, 9.17) is 0 Å². The Bertz CT molecular complexity index is 751. The van der Waals surface area contributed by atoms with Gasteiger partial charge in [0.2, 0.25) is 0 Å². The number of fused-ring (bicyclic) bond motifs is 1. The van der Waals surface area contributed by atoms with Crippen LogP contribution in [-0.2, 0) is 6.42 Å². The highest BCUT2D eigenvalue weighted by molar-refractivity contribution is 6.09. The SMILES string of the molecule is CCCc1c(-c2ccc[nH]2)[nH]c2cccc(C(C)=O)c12. The minimum atomic E-state index is 0.116. The molecule has 0 spiro atoms. The molecule has 2 N–H and O–H groups in total. The van der Waals surface area contributed by atoms with E-state index in [1.54, 1.807) is 6.92 Å². The Balaban J connectivity index is 2.34. The number of benzene rings is 1. The smallest absolute Gasteiger partial charge is 0.160 e. The van der Waals surface area contributed by atoms with Crippen molar-refractivity contribution in [1.82, 2.24) is 9.97 Å². The number of hydrogen-bond acceptors (Lipinski definition) is 1. The lowest BCUT2D eigenvalue weighted by molar-refractivity contribution is 0.101. The lowest BCUT2D eigenvalue weighted by Gasteiger charge is -2.04. The van der Waals surface area contributed by atoms with Crippen LogP contribution in [0, 0.1) is 0 Å². The summed E-state index contributed by atoms with van der Waals surface area (Å²) in [6, 6.07) is 9.92. The van der Waals surface area contributed by atoms with Crippen molar-refractivity contribution in [2.45, 2.75) is 26.7 Å². The number of Topliss-reactive ketones (excluding diaryl/α,β-unsaturated/α-hetero) is 1. The summed E-state index contributed by atoms with van der Waals surface area (Å²) in [6.45, 7) is 3.79. The second-order valence-corrected chi connectivity index (χ2v) is 5.10. The van der Waals surface area contributed by atoms with Gasteiger partial charge in [0.25, 0.3) is 0 Å². The van der Waals surface area contributed by atoms with Gasteiger partial charge < -0.3 is 9.97 Å². The molecule has 2 heterocycles. The van der Waals surface area contributed by atoms with Crippen molar-refractivity contribution in [1.29, 1.82) is 0 Å². The molecule has 3 heteroatoms. The number of aryl methyl sites for hydroxylation is 1. The van der Waals surface area contributed by atoms with E-state index in [1.165, 1.54) is 5.56 Å². The molecule has 3 aromatic rings. The number of nitrogens with one attached hydrogen (secondary N) is 2. The highest BCUT2D eigenvalue weighted by Crippen LogP contribution is 2.32. The van der Waals surface area contributed by atoms with Crippen molar-refractivity contribution in [2.75, 3.05) is 0 Å². The molecule has 0 aliphatic rings. The summed E-state index contributed by atoms with van der Waals surface area (Å²) in [5.74, 6) is 0.116. The fourth-order valence-corrected chi connectivity index (χ4v) is 2.83. The highest BCUT2D eigenvalue weighted by atomic mass is 16.1. The molecule has 1 aromatic carbocycles. The van der Waals surface area contributed by atoms with E-state index < -0.39 is 0 Å². The summed E-state index contributed by atoms with van der Waals surface area (Å²) in [6.07, 6.45) is 3.92. The summed E-state index contributed by atoms with van der Waals surface area (Å²) < 4.78 is 0. The second kappa shape index (κ2) is 5.00. The first-order valence-electron chi connectivity index (χ1n) is 7.00. The standard InChI is InChI=1S/C17H18N2O/c1-3-6-13-16-12(11(2)20)7-4-8-14(16)19-17(13)15-9-5-10-18-15/h4-5,7-10,18-19H,3,6H2,1-2H3. The maximum Gasteiger partial charge on any atom is 0.160 e. The Morgan fingerprint density at radius 1 is 1.20 bits per heavy atom. The van der Waals surface area contributed by atoms with Crippen molar-refractivity contribution in [3.63, 3.8) is 0 Å². The topological polar surface area (TPSA) is 48.6 Å². The molecule has 0 aliphatic heterocycles. The lowest BCUT2D eigenvalue weighted by Crippen LogP contribution is -1.95. The van der Waals surface area contributed by atoms with Crippen molar-refractivity contribution in [3.8, 4) is 11.4 Å². The zero-order chi connectivity index (χ0) is 14.1. The van der Waals surface area contributed by atoms with Crippen LogP contribution >= 0.6 is 0 Å². The average Bonchev–Trinajstić information content (AvgIpc) is 3.06. The Morgan fingerprint density at radius 3 is 2.70 bits per heavy atom. The van der Waals surface area contributed by atoms with E-state index in [1.807, 2.05) is 30.5 Å². The fraction of sp³-hybridized carbons (Fsp3) is 0.235. The van der Waals surface area contributed by atoms with Gasteiger partial charge in [-0.05, 0) is 37.1 Å². The molecule has 0 bridgehead atoms. The van der Waals surface area contributed by atoms with E-state index in [0.29, 0.717) is 0 Å². The first kappa shape index (κ1) is 12.7. The van der Waals surface area contributed by atoms with Gasteiger partial charge in [-0.15, -0.1) is 0 Å². The zero-order valence-electron chi connectivity index (χ0n) is 11.8. The van der Waals surface area contributed by atoms with Crippen LogP contribution < -0.4 is 0 Å². The third-order valence-corrected chi connectivity index (χ3v) is 3.67. The number of carbonyl (C=O) groups is 1. The normalized spacial score (nSPS) is 11.1. The van der Waals surface area contributed by atoms with E-state index >= 15 is 0 Å². The number of hydrogen-bond donors (Lipinski definition) is 2. The van der Waals surface area contributed by atoms with Gasteiger partial charge in [-0.3, -0.25) is 4.79 Å². The monoisotopic (exact) mass is 266 g/mol. The summed E-state index contributed by atoms with van der Waals surface area (Å²) in [5.41, 5.74) is 5.24. The van der Waals surface area contributed by atoms with Gasteiger partial charge in [0.15, 0.2) is 5.78 Å². The molecule has 20 heavy (non-hydrogen) atoms. The molecule has 0 fully saturated rings. The van der Waals surface area contributed by atoms with Crippen molar-refractivity contribution in [2.24, 2.45) is 0 Å². The minimum absolute atomic E-state index is 0.116. The Hall–Kier alpha value is -2.29. The van der Waals surface area contributed by atoms with Gasteiger partial charge in [-0.1, -0.05) is 25.5 Å². The van der Waals surface area contributed by atoms with E-state index in [9.17, 15) is 4.79 Å². The number of H-pyrrole nitrogens is 2. The molecule has 2 aromatic heterocycles. The van der Waals surface area contributed by atoms with Crippen LogP contribution in [0.4, 0.5) is 0 Å². The molecule has 3 rings (SSSR count). The third-order valence-electron chi connectivity index (χ3n) is 3.67. The summed E-state index contributed by atoms with van der Waals surface area (Å²) in [5, 5.41) is 1.08. The molecular weight excluding hydrogens is 248 g/mol. The van der Waals surface area contributed by atoms with E-state index in [-0.39, 0.29) is 5.78 Å².